The van der Waals surface area contributed by atoms with E-state index in [-0.39, 0.29) is 5.82 Å². The average Bonchev–Trinajstić information content (AvgIpc) is 2.99. The molecule has 0 radical (unpaired) electrons. The van der Waals surface area contributed by atoms with Gasteiger partial charge >= 0.3 is 0 Å². The largest absolute Gasteiger partial charge is 0.381 e. The van der Waals surface area contributed by atoms with E-state index in [9.17, 15) is 4.39 Å². The Morgan fingerprint density at radius 3 is 2.67 bits per heavy atom. The van der Waals surface area contributed by atoms with Crippen LogP contribution >= 0.6 is 11.6 Å². The summed E-state index contributed by atoms with van der Waals surface area (Å²) in [5, 5.41) is 11.2. The summed E-state index contributed by atoms with van der Waals surface area (Å²) in [6, 6.07) is 12.3. The highest BCUT2D eigenvalue weighted by atomic mass is 35.5. The van der Waals surface area contributed by atoms with Gasteiger partial charge in [-0.3, -0.25) is 4.57 Å². The van der Waals surface area contributed by atoms with Crippen LogP contribution in [-0.2, 0) is 6.54 Å². The van der Waals surface area contributed by atoms with Crippen LogP contribution in [0.4, 0.5) is 10.1 Å². The fourth-order valence-corrected chi connectivity index (χ4v) is 2.27. The van der Waals surface area contributed by atoms with Crippen LogP contribution in [-0.4, -0.2) is 14.8 Å². The van der Waals surface area contributed by atoms with E-state index in [4.69, 9.17) is 11.6 Å². The molecule has 21 heavy (non-hydrogen) atoms. The second-order valence-corrected chi connectivity index (χ2v) is 4.99. The molecule has 0 aliphatic carbocycles. The summed E-state index contributed by atoms with van der Waals surface area (Å²) in [7, 11) is 0. The van der Waals surface area contributed by atoms with Crippen LogP contribution in [0.3, 0.4) is 0 Å². The molecule has 4 nitrogen and oxygen atoms in total. The molecule has 6 heteroatoms. The zero-order valence-corrected chi connectivity index (χ0v) is 11.8. The highest BCUT2D eigenvalue weighted by Crippen LogP contribution is 2.17. The van der Waals surface area contributed by atoms with Crippen LogP contribution in [0.15, 0.2) is 55.1 Å². The first-order chi connectivity index (χ1) is 10.2. The lowest BCUT2D eigenvalue weighted by Crippen LogP contribution is -2.01. The molecular formula is C15H12ClFN4. The molecule has 1 heterocycles. The number of hydrogen-bond donors (Lipinski definition) is 1. The summed E-state index contributed by atoms with van der Waals surface area (Å²) in [5.41, 5.74) is 2.65. The minimum atomic E-state index is -0.336. The van der Waals surface area contributed by atoms with Gasteiger partial charge in [-0.1, -0.05) is 17.7 Å². The maximum Gasteiger partial charge on any atom is 0.125 e. The van der Waals surface area contributed by atoms with Gasteiger partial charge in [0.2, 0.25) is 0 Å². The van der Waals surface area contributed by atoms with E-state index in [1.165, 1.54) is 12.1 Å². The van der Waals surface area contributed by atoms with E-state index in [2.05, 4.69) is 15.5 Å². The maximum absolute atomic E-state index is 13.3. The number of halogens is 2. The van der Waals surface area contributed by atoms with Crippen LogP contribution in [0, 0.1) is 5.82 Å². The number of benzene rings is 2. The fourth-order valence-electron chi connectivity index (χ4n) is 2.03. The number of anilines is 1. The van der Waals surface area contributed by atoms with Crippen molar-refractivity contribution in [3.8, 4) is 5.69 Å². The van der Waals surface area contributed by atoms with Crippen LogP contribution in [0.1, 0.15) is 5.56 Å². The Morgan fingerprint density at radius 1 is 1.10 bits per heavy atom. The predicted molar refractivity (Wildman–Crippen MR) is 80.1 cm³/mol. The van der Waals surface area contributed by atoms with E-state index in [1.54, 1.807) is 18.7 Å². The summed E-state index contributed by atoms with van der Waals surface area (Å²) in [5.74, 6) is -0.336. The lowest BCUT2D eigenvalue weighted by molar-refractivity contribution is 0.626. The molecule has 1 N–H and O–H groups in total. The highest BCUT2D eigenvalue weighted by Gasteiger charge is 2.01. The van der Waals surface area contributed by atoms with Crippen molar-refractivity contribution in [2.75, 3.05) is 5.32 Å². The quantitative estimate of drug-likeness (QED) is 0.799. The SMILES string of the molecule is Fc1cc(Cl)cc(CNc2cccc(-n3cnnc3)c2)c1. The molecule has 0 atom stereocenters. The molecule has 2 aromatic carbocycles. The van der Waals surface area contributed by atoms with E-state index in [1.807, 2.05) is 28.8 Å². The number of nitrogens with one attached hydrogen (secondary N) is 1. The molecule has 0 saturated carbocycles. The number of nitrogens with zero attached hydrogens (tertiary/aromatic N) is 3. The van der Waals surface area contributed by atoms with E-state index in [0.717, 1.165) is 16.9 Å². The zero-order chi connectivity index (χ0) is 14.7. The summed E-state index contributed by atoms with van der Waals surface area (Å²) in [4.78, 5) is 0. The van der Waals surface area contributed by atoms with Crippen molar-refractivity contribution in [3.63, 3.8) is 0 Å². The molecule has 3 rings (SSSR count). The van der Waals surface area contributed by atoms with Crippen LogP contribution in [0.5, 0.6) is 0 Å². The topological polar surface area (TPSA) is 42.7 Å². The van der Waals surface area contributed by atoms with Crippen molar-refractivity contribution >= 4 is 17.3 Å². The lowest BCUT2D eigenvalue weighted by Gasteiger charge is -2.09. The Hall–Kier alpha value is -2.40. The second kappa shape index (κ2) is 5.93. The third-order valence-corrected chi connectivity index (χ3v) is 3.20. The van der Waals surface area contributed by atoms with Crippen molar-refractivity contribution in [1.82, 2.24) is 14.8 Å². The van der Waals surface area contributed by atoms with E-state index < -0.39 is 0 Å². The average molecular weight is 303 g/mol. The van der Waals surface area contributed by atoms with Crippen molar-refractivity contribution in [1.29, 1.82) is 0 Å². The number of aromatic nitrogens is 3. The highest BCUT2D eigenvalue weighted by molar-refractivity contribution is 6.30. The van der Waals surface area contributed by atoms with Crippen LogP contribution in [0.25, 0.3) is 5.69 Å². The first-order valence-corrected chi connectivity index (χ1v) is 6.72. The van der Waals surface area contributed by atoms with Gasteiger partial charge in [0.15, 0.2) is 0 Å². The van der Waals surface area contributed by atoms with Crippen molar-refractivity contribution in [2.24, 2.45) is 0 Å². The summed E-state index contributed by atoms with van der Waals surface area (Å²) >= 11 is 5.84. The normalized spacial score (nSPS) is 10.6. The Bertz CT molecular complexity index is 723. The van der Waals surface area contributed by atoms with Crippen molar-refractivity contribution in [3.05, 3.63) is 71.5 Å². The smallest absolute Gasteiger partial charge is 0.125 e. The Labute approximate surface area is 126 Å². The van der Waals surface area contributed by atoms with Gasteiger partial charge in [0.25, 0.3) is 0 Å². The zero-order valence-electron chi connectivity index (χ0n) is 11.0. The number of hydrogen-bond acceptors (Lipinski definition) is 3. The molecule has 0 fully saturated rings. The van der Waals surface area contributed by atoms with Gasteiger partial charge in [0.1, 0.15) is 18.5 Å². The Morgan fingerprint density at radius 2 is 1.90 bits per heavy atom. The van der Waals surface area contributed by atoms with Gasteiger partial charge < -0.3 is 5.32 Å². The standard InChI is InChI=1S/C15H12ClFN4/c16-12-4-11(5-13(17)6-12)8-18-14-2-1-3-15(7-14)21-9-19-20-10-21/h1-7,9-10,18H,8H2. The first kappa shape index (κ1) is 13.6. The van der Waals surface area contributed by atoms with Crippen molar-refractivity contribution < 1.29 is 4.39 Å². The Balaban J connectivity index is 1.75. The molecule has 1 aromatic heterocycles. The first-order valence-electron chi connectivity index (χ1n) is 6.34. The summed E-state index contributed by atoms with van der Waals surface area (Å²) in [6.07, 6.45) is 3.26. The molecule has 0 bridgehead atoms. The maximum atomic E-state index is 13.3. The molecule has 106 valence electrons. The van der Waals surface area contributed by atoms with Crippen molar-refractivity contribution in [2.45, 2.75) is 6.54 Å². The monoisotopic (exact) mass is 302 g/mol. The minimum Gasteiger partial charge on any atom is -0.381 e. The second-order valence-electron chi connectivity index (χ2n) is 4.55. The van der Waals surface area contributed by atoms with Gasteiger partial charge in [-0.25, -0.2) is 4.39 Å². The molecule has 0 amide bonds. The van der Waals surface area contributed by atoms with Gasteiger partial charge in [-0.2, -0.15) is 0 Å². The molecule has 0 aliphatic heterocycles. The molecule has 0 saturated heterocycles. The molecule has 0 unspecified atom stereocenters. The summed E-state index contributed by atoms with van der Waals surface area (Å²) < 4.78 is 15.1. The minimum absolute atomic E-state index is 0.336. The predicted octanol–water partition coefficient (Wildman–Crippen LogP) is 3.67. The van der Waals surface area contributed by atoms with E-state index >= 15 is 0 Å². The molecule has 0 aliphatic rings. The fraction of sp³-hybridized carbons (Fsp3) is 0.0667. The van der Waals surface area contributed by atoms with Gasteiger partial charge in [0, 0.05) is 17.3 Å². The Kier molecular flexibility index (Phi) is 3.83. The van der Waals surface area contributed by atoms with E-state index in [0.29, 0.717) is 11.6 Å². The summed E-state index contributed by atoms with van der Waals surface area (Å²) in [6.45, 7) is 0.489. The van der Waals surface area contributed by atoms with Gasteiger partial charge in [-0.15, -0.1) is 10.2 Å². The van der Waals surface area contributed by atoms with Gasteiger partial charge in [-0.05, 0) is 42.0 Å². The molecule has 0 spiro atoms. The third kappa shape index (κ3) is 3.38. The lowest BCUT2D eigenvalue weighted by atomic mass is 10.2. The number of rotatable bonds is 4. The van der Waals surface area contributed by atoms with Crippen LogP contribution < -0.4 is 5.32 Å². The van der Waals surface area contributed by atoms with Gasteiger partial charge in [0.05, 0.1) is 5.69 Å². The third-order valence-electron chi connectivity index (χ3n) is 2.98. The molecule has 3 aromatic rings. The van der Waals surface area contributed by atoms with Crippen LogP contribution in [0.2, 0.25) is 5.02 Å². The molecular weight excluding hydrogens is 291 g/mol.